The first-order valence-electron chi connectivity index (χ1n) is 8.16. The average molecular weight is 322 g/mol. The summed E-state index contributed by atoms with van der Waals surface area (Å²) in [4.78, 5) is 25.4. The van der Waals surface area contributed by atoms with Gasteiger partial charge >= 0.3 is 0 Å². The lowest BCUT2D eigenvalue weighted by Gasteiger charge is -2.26. The van der Waals surface area contributed by atoms with Crippen LogP contribution in [0.1, 0.15) is 52.0 Å². The SMILES string of the molecule is CC1(Oc2cccc3c2C(=O)CCC3C(=O)c2ccccc2)CO1. The fraction of sp³-hybridized carbons (Fsp3) is 0.300. The Morgan fingerprint density at radius 3 is 2.62 bits per heavy atom. The van der Waals surface area contributed by atoms with Gasteiger partial charge in [-0.15, -0.1) is 0 Å². The van der Waals surface area contributed by atoms with Crippen molar-refractivity contribution in [2.24, 2.45) is 0 Å². The molecule has 4 heteroatoms. The van der Waals surface area contributed by atoms with Gasteiger partial charge in [0.25, 0.3) is 0 Å². The molecule has 24 heavy (non-hydrogen) atoms. The Morgan fingerprint density at radius 1 is 1.17 bits per heavy atom. The molecular weight excluding hydrogens is 304 g/mol. The van der Waals surface area contributed by atoms with Crippen LogP contribution < -0.4 is 4.74 Å². The minimum Gasteiger partial charge on any atom is -0.459 e. The number of benzene rings is 2. The van der Waals surface area contributed by atoms with Crippen LogP contribution in [0.25, 0.3) is 0 Å². The first-order valence-corrected chi connectivity index (χ1v) is 8.16. The van der Waals surface area contributed by atoms with Gasteiger partial charge in [0.15, 0.2) is 11.6 Å². The number of Topliss-reactive ketones (excluding diaryl/α,β-unsaturated/α-hetero) is 2. The molecule has 1 saturated heterocycles. The number of rotatable bonds is 4. The van der Waals surface area contributed by atoms with Crippen LogP contribution in [0.4, 0.5) is 0 Å². The second-order valence-corrected chi connectivity index (χ2v) is 6.49. The molecule has 2 aromatic rings. The lowest BCUT2D eigenvalue weighted by molar-refractivity contribution is 0.0765. The Labute approximate surface area is 140 Å². The van der Waals surface area contributed by atoms with Gasteiger partial charge in [0.2, 0.25) is 5.79 Å². The molecule has 1 aliphatic carbocycles. The summed E-state index contributed by atoms with van der Waals surface area (Å²) in [5.41, 5.74) is 1.98. The topological polar surface area (TPSA) is 55.9 Å². The highest BCUT2D eigenvalue weighted by Gasteiger charge is 2.44. The van der Waals surface area contributed by atoms with E-state index < -0.39 is 5.79 Å². The molecule has 2 atom stereocenters. The zero-order chi connectivity index (χ0) is 16.7. The van der Waals surface area contributed by atoms with E-state index in [4.69, 9.17) is 9.47 Å². The Morgan fingerprint density at radius 2 is 1.92 bits per heavy atom. The molecule has 4 nitrogen and oxygen atoms in total. The van der Waals surface area contributed by atoms with Crippen molar-refractivity contribution in [1.29, 1.82) is 0 Å². The second kappa shape index (κ2) is 5.56. The number of carbonyl (C=O) groups excluding carboxylic acids is 2. The number of hydrogen-bond donors (Lipinski definition) is 0. The quantitative estimate of drug-likeness (QED) is 0.635. The van der Waals surface area contributed by atoms with Crippen molar-refractivity contribution in [3.8, 4) is 5.75 Å². The summed E-state index contributed by atoms with van der Waals surface area (Å²) in [5.74, 6) is -0.358. The van der Waals surface area contributed by atoms with Gasteiger partial charge < -0.3 is 9.47 Å². The van der Waals surface area contributed by atoms with E-state index in [9.17, 15) is 9.59 Å². The van der Waals surface area contributed by atoms with Crippen molar-refractivity contribution in [2.75, 3.05) is 6.61 Å². The fourth-order valence-electron chi connectivity index (χ4n) is 3.25. The standard InChI is InChI=1S/C20H18O4/c1-20(12-23-20)24-17-9-5-8-14-15(10-11-16(21)18(14)17)19(22)13-6-3-2-4-7-13/h2-9,15H,10-12H2,1H3. The summed E-state index contributed by atoms with van der Waals surface area (Å²) in [6.45, 7) is 2.35. The predicted octanol–water partition coefficient (Wildman–Crippen LogP) is 3.75. The number of ketones is 2. The highest BCUT2D eigenvalue weighted by Crippen LogP contribution is 2.41. The van der Waals surface area contributed by atoms with Crippen LogP contribution >= 0.6 is 0 Å². The summed E-state index contributed by atoms with van der Waals surface area (Å²) in [6.07, 6.45) is 0.894. The lowest BCUT2D eigenvalue weighted by atomic mass is 9.78. The van der Waals surface area contributed by atoms with Gasteiger partial charge in [-0.25, -0.2) is 0 Å². The van der Waals surface area contributed by atoms with E-state index in [0.29, 0.717) is 36.3 Å². The molecule has 0 amide bonds. The van der Waals surface area contributed by atoms with E-state index in [0.717, 1.165) is 5.56 Å². The number of fused-ring (bicyclic) bond motifs is 1. The molecular formula is C20H18O4. The van der Waals surface area contributed by atoms with Crippen molar-refractivity contribution in [3.05, 3.63) is 65.2 Å². The van der Waals surface area contributed by atoms with Crippen LogP contribution in [-0.4, -0.2) is 24.0 Å². The van der Waals surface area contributed by atoms with Gasteiger partial charge in [-0.3, -0.25) is 9.59 Å². The highest BCUT2D eigenvalue weighted by molar-refractivity contribution is 6.08. The third-order valence-corrected chi connectivity index (χ3v) is 4.62. The Kier molecular flexibility index (Phi) is 3.50. The Bertz CT molecular complexity index is 806. The third kappa shape index (κ3) is 2.63. The first kappa shape index (κ1) is 15.1. The predicted molar refractivity (Wildman–Crippen MR) is 88.5 cm³/mol. The van der Waals surface area contributed by atoms with E-state index >= 15 is 0 Å². The number of epoxide rings is 1. The van der Waals surface area contributed by atoms with Crippen LogP contribution in [0.2, 0.25) is 0 Å². The molecule has 0 radical (unpaired) electrons. The Balaban J connectivity index is 1.74. The van der Waals surface area contributed by atoms with Crippen molar-refractivity contribution >= 4 is 11.6 Å². The minimum atomic E-state index is -0.647. The van der Waals surface area contributed by atoms with Crippen molar-refractivity contribution in [3.63, 3.8) is 0 Å². The van der Waals surface area contributed by atoms with Gasteiger partial charge in [0, 0.05) is 24.8 Å². The van der Waals surface area contributed by atoms with Gasteiger partial charge in [-0.2, -0.15) is 0 Å². The van der Waals surface area contributed by atoms with Crippen molar-refractivity contribution < 1.29 is 19.1 Å². The maximum atomic E-state index is 12.9. The van der Waals surface area contributed by atoms with Crippen LogP contribution in [0, 0.1) is 0 Å². The van der Waals surface area contributed by atoms with Crippen LogP contribution in [0.5, 0.6) is 5.75 Å². The van der Waals surface area contributed by atoms with Crippen LogP contribution in [-0.2, 0) is 4.74 Å². The van der Waals surface area contributed by atoms with Crippen molar-refractivity contribution in [2.45, 2.75) is 31.5 Å². The Hall–Kier alpha value is -2.46. The summed E-state index contributed by atoms with van der Waals surface area (Å²) in [7, 11) is 0. The fourth-order valence-corrected chi connectivity index (χ4v) is 3.25. The van der Waals surface area contributed by atoms with Gasteiger partial charge in [0.1, 0.15) is 12.4 Å². The molecule has 0 aromatic heterocycles. The number of ether oxygens (including phenoxy) is 2. The molecule has 122 valence electrons. The molecule has 2 unspecified atom stereocenters. The molecule has 4 rings (SSSR count). The largest absolute Gasteiger partial charge is 0.459 e. The molecule has 2 aliphatic rings. The third-order valence-electron chi connectivity index (χ3n) is 4.62. The normalized spacial score (nSPS) is 25.0. The molecule has 0 saturated carbocycles. The zero-order valence-electron chi connectivity index (χ0n) is 13.5. The molecule has 2 aromatic carbocycles. The summed E-state index contributed by atoms with van der Waals surface area (Å²) in [5, 5.41) is 0. The maximum absolute atomic E-state index is 12.9. The molecule has 0 N–H and O–H groups in total. The molecule has 1 fully saturated rings. The van der Waals surface area contributed by atoms with E-state index in [-0.39, 0.29) is 17.5 Å². The van der Waals surface area contributed by atoms with E-state index in [2.05, 4.69) is 0 Å². The van der Waals surface area contributed by atoms with Crippen molar-refractivity contribution in [1.82, 2.24) is 0 Å². The summed E-state index contributed by atoms with van der Waals surface area (Å²) < 4.78 is 11.1. The molecule has 0 bridgehead atoms. The zero-order valence-corrected chi connectivity index (χ0v) is 13.5. The van der Waals surface area contributed by atoms with Crippen LogP contribution in [0.3, 0.4) is 0 Å². The minimum absolute atomic E-state index is 0.0296. The second-order valence-electron chi connectivity index (χ2n) is 6.49. The van der Waals surface area contributed by atoms with Gasteiger partial charge in [0.05, 0.1) is 5.56 Å². The average Bonchev–Trinajstić information content (AvgIpc) is 3.32. The monoisotopic (exact) mass is 322 g/mol. The lowest BCUT2D eigenvalue weighted by Crippen LogP contribution is -2.24. The first-order chi connectivity index (χ1) is 11.6. The number of carbonyl (C=O) groups is 2. The van der Waals surface area contributed by atoms with Crippen LogP contribution in [0.15, 0.2) is 48.5 Å². The number of hydrogen-bond acceptors (Lipinski definition) is 4. The molecule has 1 aliphatic heterocycles. The van der Waals surface area contributed by atoms with Gasteiger partial charge in [-0.1, -0.05) is 42.5 Å². The maximum Gasteiger partial charge on any atom is 0.231 e. The molecule has 1 heterocycles. The van der Waals surface area contributed by atoms with E-state index in [1.165, 1.54) is 0 Å². The summed E-state index contributed by atoms with van der Waals surface area (Å²) >= 11 is 0. The highest BCUT2D eigenvalue weighted by atomic mass is 16.8. The van der Waals surface area contributed by atoms with Gasteiger partial charge in [-0.05, 0) is 18.1 Å². The summed E-state index contributed by atoms with van der Waals surface area (Å²) in [6, 6.07) is 14.7. The van der Waals surface area contributed by atoms with E-state index in [1.54, 1.807) is 6.07 Å². The molecule has 0 spiro atoms. The van der Waals surface area contributed by atoms with E-state index in [1.807, 2.05) is 49.4 Å². The smallest absolute Gasteiger partial charge is 0.231 e.